The maximum absolute atomic E-state index is 9.78. The van der Waals surface area contributed by atoms with E-state index in [4.69, 9.17) is 9.97 Å². The molecule has 3 aromatic heterocycles. The Hall–Kier alpha value is -3.45. The zero-order valence-electron chi connectivity index (χ0n) is 21.7. The van der Waals surface area contributed by atoms with Gasteiger partial charge in [0.2, 0.25) is 5.95 Å². The van der Waals surface area contributed by atoms with Crippen LogP contribution in [0.5, 0.6) is 0 Å². The number of pyridine rings is 1. The van der Waals surface area contributed by atoms with Crippen LogP contribution < -0.4 is 10.2 Å². The average molecular weight is 475 g/mol. The summed E-state index contributed by atoms with van der Waals surface area (Å²) in [5, 5.41) is 14.3. The van der Waals surface area contributed by atoms with E-state index in [0.717, 1.165) is 40.1 Å². The number of aromatic nitrogens is 4. The molecule has 0 saturated carbocycles. The predicted molar refractivity (Wildman–Crippen MR) is 146 cm³/mol. The van der Waals surface area contributed by atoms with Gasteiger partial charge in [0.1, 0.15) is 11.5 Å². The number of aliphatic hydroxyl groups excluding tert-OH is 1. The largest absolute Gasteiger partial charge is 0.394 e. The molecule has 0 aliphatic rings. The van der Waals surface area contributed by atoms with Crippen molar-refractivity contribution in [2.45, 2.75) is 59.7 Å². The molecule has 7 nitrogen and oxygen atoms in total. The fraction of sp³-hybridized carbons (Fsp3) is 0.393. The molecule has 4 aromatic rings. The highest BCUT2D eigenvalue weighted by Gasteiger charge is 2.19. The van der Waals surface area contributed by atoms with E-state index in [-0.39, 0.29) is 18.7 Å². The monoisotopic (exact) mass is 474 g/mol. The summed E-state index contributed by atoms with van der Waals surface area (Å²) in [5.74, 6) is 1.40. The third kappa shape index (κ3) is 5.98. The van der Waals surface area contributed by atoms with E-state index < -0.39 is 0 Å². The van der Waals surface area contributed by atoms with Crippen LogP contribution in [-0.2, 0) is 6.54 Å². The number of nitrogens with one attached hydrogen (secondary N) is 1. The van der Waals surface area contributed by atoms with Gasteiger partial charge in [-0.05, 0) is 44.0 Å². The minimum absolute atomic E-state index is 0.0306. The highest BCUT2D eigenvalue weighted by Crippen LogP contribution is 2.28. The van der Waals surface area contributed by atoms with E-state index in [0.29, 0.717) is 12.5 Å². The van der Waals surface area contributed by atoms with Gasteiger partial charge in [-0.3, -0.25) is 4.98 Å². The quantitative estimate of drug-likeness (QED) is 0.313. The molecule has 0 spiro atoms. The van der Waals surface area contributed by atoms with Gasteiger partial charge in [0.25, 0.3) is 0 Å². The van der Waals surface area contributed by atoms with Crippen LogP contribution in [-0.4, -0.2) is 44.3 Å². The maximum atomic E-state index is 9.78. The van der Waals surface area contributed by atoms with E-state index in [9.17, 15) is 5.11 Å². The zero-order valence-corrected chi connectivity index (χ0v) is 21.7. The van der Waals surface area contributed by atoms with Crippen molar-refractivity contribution in [1.82, 2.24) is 19.5 Å². The topological polar surface area (TPSA) is 79.1 Å². The van der Waals surface area contributed by atoms with Crippen LogP contribution in [0.15, 0.2) is 60.9 Å². The van der Waals surface area contributed by atoms with Crippen LogP contribution in [0, 0.1) is 0 Å². The first kappa shape index (κ1) is 26.2. The van der Waals surface area contributed by atoms with E-state index in [1.165, 1.54) is 0 Å². The van der Waals surface area contributed by atoms with Crippen molar-refractivity contribution in [2.75, 3.05) is 23.9 Å². The molecule has 0 amide bonds. The number of rotatable bonds is 9. The lowest BCUT2D eigenvalue weighted by molar-refractivity contribution is 0.258. The van der Waals surface area contributed by atoms with Crippen molar-refractivity contribution in [3.63, 3.8) is 0 Å². The maximum Gasteiger partial charge on any atom is 0.229 e. The molecule has 0 radical (unpaired) electrons. The molecular formula is C28H38N6O. The Labute approximate surface area is 208 Å². The molecule has 3 heterocycles. The Balaban J connectivity index is 0.00000167. The summed E-state index contributed by atoms with van der Waals surface area (Å²) in [6, 6.07) is 16.7. The Morgan fingerprint density at radius 1 is 1.03 bits per heavy atom. The van der Waals surface area contributed by atoms with Gasteiger partial charge in [0.15, 0.2) is 0 Å². The van der Waals surface area contributed by atoms with E-state index in [2.05, 4.69) is 72.2 Å². The highest BCUT2D eigenvalue weighted by molar-refractivity contribution is 5.89. The van der Waals surface area contributed by atoms with E-state index in [1.54, 1.807) is 0 Å². The van der Waals surface area contributed by atoms with E-state index >= 15 is 0 Å². The lowest BCUT2D eigenvalue weighted by Gasteiger charge is -2.26. The van der Waals surface area contributed by atoms with Crippen LogP contribution >= 0.6 is 0 Å². The number of benzene rings is 1. The van der Waals surface area contributed by atoms with Crippen molar-refractivity contribution in [1.29, 1.82) is 0 Å². The summed E-state index contributed by atoms with van der Waals surface area (Å²) in [6.45, 7) is 11.0. The average Bonchev–Trinajstić information content (AvgIpc) is 3.34. The van der Waals surface area contributed by atoms with Crippen LogP contribution in [0.2, 0.25) is 0 Å². The Bertz CT molecular complexity index is 1180. The van der Waals surface area contributed by atoms with Crippen LogP contribution in [0.1, 0.15) is 52.6 Å². The molecule has 1 aromatic carbocycles. The van der Waals surface area contributed by atoms with Gasteiger partial charge in [-0.1, -0.05) is 51.1 Å². The zero-order chi connectivity index (χ0) is 25.4. The minimum atomic E-state index is -0.0306. The van der Waals surface area contributed by atoms with Crippen LogP contribution in [0.3, 0.4) is 0 Å². The Morgan fingerprint density at radius 3 is 2.37 bits per heavy atom. The molecule has 35 heavy (non-hydrogen) atoms. The van der Waals surface area contributed by atoms with Gasteiger partial charge in [-0.15, -0.1) is 0 Å². The third-order valence-electron chi connectivity index (χ3n) is 6.04. The van der Waals surface area contributed by atoms with Gasteiger partial charge in [0, 0.05) is 37.6 Å². The van der Waals surface area contributed by atoms with E-state index in [1.807, 2.05) is 50.2 Å². The van der Waals surface area contributed by atoms with Crippen molar-refractivity contribution in [3.8, 4) is 11.3 Å². The normalized spacial score (nSPS) is 11.8. The molecule has 0 fully saturated rings. The Morgan fingerprint density at radius 2 is 1.77 bits per heavy atom. The van der Waals surface area contributed by atoms with Crippen LogP contribution in [0.25, 0.3) is 22.3 Å². The number of nitrogens with zero attached hydrogens (tertiary/aromatic N) is 5. The molecule has 1 unspecified atom stereocenters. The first-order valence-electron chi connectivity index (χ1n) is 12.5. The summed E-state index contributed by atoms with van der Waals surface area (Å²) >= 11 is 0. The minimum Gasteiger partial charge on any atom is -0.394 e. The predicted octanol–water partition coefficient (Wildman–Crippen LogP) is 5.92. The highest BCUT2D eigenvalue weighted by atomic mass is 16.3. The molecule has 1 atom stereocenters. The summed E-state index contributed by atoms with van der Waals surface area (Å²) in [6.07, 6.45) is 4.68. The van der Waals surface area contributed by atoms with Gasteiger partial charge in [-0.25, -0.2) is 0 Å². The van der Waals surface area contributed by atoms with Gasteiger partial charge >= 0.3 is 0 Å². The molecule has 0 aliphatic heterocycles. The number of hydrogen-bond donors (Lipinski definition) is 2. The molecule has 0 aliphatic carbocycles. The number of aliphatic hydroxyl groups is 1. The number of fused-ring (bicyclic) bond motifs is 1. The Kier molecular flexibility index (Phi) is 9.20. The first-order valence-corrected chi connectivity index (χ1v) is 12.5. The number of hydrogen-bond acceptors (Lipinski definition) is 6. The van der Waals surface area contributed by atoms with Gasteiger partial charge in [-0.2, -0.15) is 9.97 Å². The lowest BCUT2D eigenvalue weighted by Crippen LogP contribution is -2.35. The second kappa shape index (κ2) is 12.3. The lowest BCUT2D eigenvalue weighted by atomic mass is 10.1. The smallest absolute Gasteiger partial charge is 0.229 e. The summed E-state index contributed by atoms with van der Waals surface area (Å²) < 4.78 is 2.15. The van der Waals surface area contributed by atoms with Crippen LogP contribution in [0.4, 0.5) is 11.8 Å². The van der Waals surface area contributed by atoms with Crippen molar-refractivity contribution >= 4 is 22.8 Å². The summed E-state index contributed by atoms with van der Waals surface area (Å²) in [4.78, 5) is 16.1. The number of likely N-dealkylation sites (N-methyl/N-ethyl adjacent to an activating group) is 1. The third-order valence-corrected chi connectivity index (χ3v) is 6.04. The molecule has 0 bridgehead atoms. The van der Waals surface area contributed by atoms with Crippen molar-refractivity contribution < 1.29 is 5.11 Å². The molecule has 2 N–H and O–H groups in total. The second-order valence-electron chi connectivity index (χ2n) is 8.55. The fourth-order valence-electron chi connectivity index (χ4n) is 3.93. The molecule has 186 valence electrons. The van der Waals surface area contributed by atoms with Gasteiger partial charge in [0.05, 0.1) is 23.7 Å². The van der Waals surface area contributed by atoms with Gasteiger partial charge < -0.3 is 19.9 Å². The second-order valence-corrected chi connectivity index (χ2v) is 8.55. The molecule has 7 heteroatoms. The standard InChI is InChI=1S/C26H32N6O.C2H6/c1-5-21(17-33)31(4)26-29-24(22-13-15-32(18(2)3)25(22)30-26)28-16-19-9-11-20(12-10-19)23-8-6-7-14-27-23;1-2/h6-15,18,21,33H,5,16-17H2,1-4H3,(H,28,29,30);1-2H3. The molecule has 0 saturated heterocycles. The van der Waals surface area contributed by atoms with Crippen molar-refractivity contribution in [2.24, 2.45) is 0 Å². The summed E-state index contributed by atoms with van der Waals surface area (Å²) in [7, 11) is 1.94. The molecule has 4 rings (SSSR count). The SMILES string of the molecule is CC.CCC(CO)N(C)c1nc(NCc2ccc(-c3ccccn3)cc2)c2ccn(C(C)C)c2n1. The summed E-state index contributed by atoms with van der Waals surface area (Å²) in [5.41, 5.74) is 4.10. The fourth-order valence-corrected chi connectivity index (χ4v) is 3.93. The number of anilines is 2. The first-order chi connectivity index (χ1) is 17.0. The van der Waals surface area contributed by atoms with Crippen molar-refractivity contribution in [3.05, 3.63) is 66.5 Å². The molecular weight excluding hydrogens is 436 g/mol.